The van der Waals surface area contributed by atoms with E-state index in [9.17, 15) is 0 Å². The van der Waals surface area contributed by atoms with Gasteiger partial charge in [0.1, 0.15) is 0 Å². The van der Waals surface area contributed by atoms with Gasteiger partial charge in [-0.2, -0.15) is 15.0 Å². The summed E-state index contributed by atoms with van der Waals surface area (Å²) in [5.74, 6) is 2.08. The average molecular weight is 250 g/mol. The zero-order chi connectivity index (χ0) is 13.0. The summed E-state index contributed by atoms with van der Waals surface area (Å²) in [6.45, 7) is 8.85. The van der Waals surface area contributed by atoms with Crippen LogP contribution in [0.3, 0.4) is 0 Å². The lowest BCUT2D eigenvalue weighted by Crippen LogP contribution is -2.25. The number of hydrogen-bond acceptors (Lipinski definition) is 6. The van der Waals surface area contributed by atoms with Crippen molar-refractivity contribution in [3.05, 3.63) is 0 Å². The molecule has 1 aromatic heterocycles. The number of rotatable bonds is 7. The Morgan fingerprint density at radius 1 is 1.06 bits per heavy atom. The van der Waals surface area contributed by atoms with Crippen LogP contribution in [0, 0.1) is 0 Å². The molecule has 0 unspecified atom stereocenters. The minimum absolute atomic E-state index is 0.548. The molecule has 0 radical (unpaired) electrons. The Morgan fingerprint density at radius 2 is 1.72 bits per heavy atom. The normalized spacial score (nSPS) is 14.4. The number of hydrogen-bond donors (Lipinski definition) is 2. The van der Waals surface area contributed by atoms with Gasteiger partial charge in [-0.25, -0.2) is 0 Å². The molecular weight excluding hydrogens is 228 g/mol. The Hall–Kier alpha value is -1.59. The first-order valence-electron chi connectivity index (χ1n) is 6.78. The van der Waals surface area contributed by atoms with Crippen molar-refractivity contribution in [1.29, 1.82) is 0 Å². The third-order valence-corrected chi connectivity index (χ3v) is 2.92. The number of aromatic nitrogens is 3. The van der Waals surface area contributed by atoms with Crippen LogP contribution >= 0.6 is 0 Å². The van der Waals surface area contributed by atoms with E-state index in [0.717, 1.165) is 25.6 Å². The highest BCUT2D eigenvalue weighted by Crippen LogP contribution is 2.24. The molecule has 0 atom stereocenters. The summed E-state index contributed by atoms with van der Waals surface area (Å²) < 4.78 is 0. The van der Waals surface area contributed by atoms with Gasteiger partial charge in [-0.15, -0.1) is 0 Å². The summed E-state index contributed by atoms with van der Waals surface area (Å²) in [4.78, 5) is 15.4. The van der Waals surface area contributed by atoms with Crippen molar-refractivity contribution in [1.82, 2.24) is 15.0 Å². The molecular formula is C12H22N6. The van der Waals surface area contributed by atoms with E-state index in [-0.39, 0.29) is 0 Å². The number of nitrogens with one attached hydrogen (secondary N) is 2. The second-order valence-electron chi connectivity index (χ2n) is 4.40. The van der Waals surface area contributed by atoms with Crippen LogP contribution in [0.25, 0.3) is 0 Å². The topological polar surface area (TPSA) is 66.0 Å². The smallest absolute Gasteiger partial charge is 0.231 e. The van der Waals surface area contributed by atoms with E-state index >= 15 is 0 Å². The lowest BCUT2D eigenvalue weighted by molar-refractivity contribution is 0.811. The molecule has 18 heavy (non-hydrogen) atoms. The van der Waals surface area contributed by atoms with Crippen LogP contribution in [-0.4, -0.2) is 40.6 Å². The Kier molecular flexibility index (Phi) is 4.17. The fourth-order valence-electron chi connectivity index (χ4n) is 1.72. The molecule has 2 N–H and O–H groups in total. The SMILES string of the molecule is CCNc1nc(NC2CC2)nc(N(CC)CC)n1. The largest absolute Gasteiger partial charge is 0.354 e. The van der Waals surface area contributed by atoms with E-state index < -0.39 is 0 Å². The van der Waals surface area contributed by atoms with Gasteiger partial charge in [0.25, 0.3) is 0 Å². The van der Waals surface area contributed by atoms with Crippen molar-refractivity contribution in [3.8, 4) is 0 Å². The average Bonchev–Trinajstić information content (AvgIpc) is 3.15. The molecule has 2 rings (SSSR count). The molecule has 100 valence electrons. The molecule has 1 aliphatic carbocycles. The number of nitrogens with zero attached hydrogens (tertiary/aromatic N) is 4. The van der Waals surface area contributed by atoms with E-state index in [1.165, 1.54) is 12.8 Å². The summed E-state index contributed by atoms with van der Waals surface area (Å²) in [7, 11) is 0. The Labute approximate surface area is 108 Å². The summed E-state index contributed by atoms with van der Waals surface area (Å²) >= 11 is 0. The highest BCUT2D eigenvalue weighted by atomic mass is 15.3. The van der Waals surface area contributed by atoms with Gasteiger partial charge in [0.2, 0.25) is 17.8 Å². The molecule has 1 aromatic rings. The minimum Gasteiger partial charge on any atom is -0.354 e. The Bertz CT molecular complexity index is 386. The Balaban J connectivity index is 2.22. The van der Waals surface area contributed by atoms with E-state index in [4.69, 9.17) is 0 Å². The van der Waals surface area contributed by atoms with Gasteiger partial charge in [0, 0.05) is 25.7 Å². The molecule has 1 saturated carbocycles. The van der Waals surface area contributed by atoms with Gasteiger partial charge in [0.15, 0.2) is 0 Å². The second kappa shape index (κ2) is 5.84. The van der Waals surface area contributed by atoms with Gasteiger partial charge in [-0.1, -0.05) is 0 Å². The lowest BCUT2D eigenvalue weighted by atomic mass is 10.5. The molecule has 1 aliphatic rings. The second-order valence-corrected chi connectivity index (χ2v) is 4.40. The maximum atomic E-state index is 4.49. The lowest BCUT2D eigenvalue weighted by Gasteiger charge is -2.19. The predicted octanol–water partition coefficient (Wildman–Crippen LogP) is 1.72. The van der Waals surface area contributed by atoms with Crippen molar-refractivity contribution in [2.75, 3.05) is 35.2 Å². The van der Waals surface area contributed by atoms with Crippen LogP contribution in [0.4, 0.5) is 17.8 Å². The van der Waals surface area contributed by atoms with E-state index in [2.05, 4.69) is 44.3 Å². The van der Waals surface area contributed by atoms with Crippen molar-refractivity contribution in [3.63, 3.8) is 0 Å². The van der Waals surface area contributed by atoms with Crippen LogP contribution in [0.2, 0.25) is 0 Å². The standard InChI is InChI=1S/C12H22N6/c1-4-13-10-15-11(14-9-7-8-9)17-12(16-10)18(5-2)6-3/h9H,4-8H2,1-3H3,(H2,13,14,15,16,17). The fraction of sp³-hybridized carbons (Fsp3) is 0.750. The summed E-state index contributed by atoms with van der Waals surface area (Å²) in [5, 5.41) is 6.49. The van der Waals surface area contributed by atoms with Gasteiger partial charge in [-0.05, 0) is 33.6 Å². The molecule has 0 aromatic carbocycles. The zero-order valence-corrected chi connectivity index (χ0v) is 11.4. The van der Waals surface area contributed by atoms with E-state index in [1.807, 2.05) is 6.92 Å². The first-order valence-corrected chi connectivity index (χ1v) is 6.78. The van der Waals surface area contributed by atoms with Gasteiger partial charge >= 0.3 is 0 Å². The van der Waals surface area contributed by atoms with E-state index in [1.54, 1.807) is 0 Å². The first-order chi connectivity index (χ1) is 8.76. The third-order valence-electron chi connectivity index (χ3n) is 2.92. The molecule has 0 spiro atoms. The zero-order valence-electron chi connectivity index (χ0n) is 11.4. The number of anilines is 3. The fourth-order valence-corrected chi connectivity index (χ4v) is 1.72. The molecule has 0 bridgehead atoms. The van der Waals surface area contributed by atoms with Gasteiger partial charge in [0.05, 0.1) is 0 Å². The van der Waals surface area contributed by atoms with Crippen molar-refractivity contribution in [2.24, 2.45) is 0 Å². The van der Waals surface area contributed by atoms with Crippen LogP contribution in [0.5, 0.6) is 0 Å². The quantitative estimate of drug-likeness (QED) is 0.768. The summed E-state index contributed by atoms with van der Waals surface area (Å²) in [6, 6.07) is 0.548. The van der Waals surface area contributed by atoms with Crippen LogP contribution in [0.15, 0.2) is 0 Å². The minimum atomic E-state index is 0.548. The maximum Gasteiger partial charge on any atom is 0.231 e. The van der Waals surface area contributed by atoms with Crippen molar-refractivity contribution >= 4 is 17.8 Å². The molecule has 1 fully saturated rings. The molecule has 1 heterocycles. The van der Waals surface area contributed by atoms with Gasteiger partial charge < -0.3 is 15.5 Å². The summed E-state index contributed by atoms with van der Waals surface area (Å²) in [5.41, 5.74) is 0. The van der Waals surface area contributed by atoms with Gasteiger partial charge in [-0.3, -0.25) is 0 Å². The molecule has 0 amide bonds. The monoisotopic (exact) mass is 250 g/mol. The van der Waals surface area contributed by atoms with Crippen molar-refractivity contribution < 1.29 is 0 Å². The first kappa shape index (κ1) is 12.9. The molecule has 0 saturated heterocycles. The highest BCUT2D eigenvalue weighted by Gasteiger charge is 2.23. The van der Waals surface area contributed by atoms with Crippen LogP contribution < -0.4 is 15.5 Å². The van der Waals surface area contributed by atoms with E-state index in [0.29, 0.717) is 17.9 Å². The van der Waals surface area contributed by atoms with Crippen LogP contribution in [0.1, 0.15) is 33.6 Å². The molecule has 6 nitrogen and oxygen atoms in total. The predicted molar refractivity (Wildman–Crippen MR) is 74.2 cm³/mol. The maximum absolute atomic E-state index is 4.49. The highest BCUT2D eigenvalue weighted by molar-refractivity contribution is 5.44. The summed E-state index contributed by atoms with van der Waals surface area (Å²) in [6.07, 6.45) is 2.42. The third kappa shape index (κ3) is 3.21. The molecule has 0 aliphatic heterocycles. The van der Waals surface area contributed by atoms with Crippen LogP contribution in [-0.2, 0) is 0 Å². The molecule has 6 heteroatoms. The van der Waals surface area contributed by atoms with Crippen molar-refractivity contribution in [2.45, 2.75) is 39.7 Å². The Morgan fingerprint density at radius 3 is 2.28 bits per heavy atom.